The zero-order valence-electron chi connectivity index (χ0n) is 12.2. The van der Waals surface area contributed by atoms with E-state index in [4.69, 9.17) is 16.3 Å². The second kappa shape index (κ2) is 7.43. The molecule has 0 amide bonds. The fraction of sp³-hybridized carbons (Fsp3) is 0.294. The van der Waals surface area contributed by atoms with E-state index in [0.29, 0.717) is 5.02 Å². The maximum absolute atomic E-state index is 13.6. The van der Waals surface area contributed by atoms with Crippen LogP contribution >= 0.6 is 11.6 Å². The van der Waals surface area contributed by atoms with Crippen molar-refractivity contribution in [2.45, 2.75) is 19.4 Å². The van der Waals surface area contributed by atoms with Gasteiger partial charge in [-0.15, -0.1) is 0 Å². The second-order valence-electron chi connectivity index (χ2n) is 4.83. The third-order valence-corrected chi connectivity index (χ3v) is 3.66. The predicted molar refractivity (Wildman–Crippen MR) is 84.5 cm³/mol. The molecule has 0 saturated carbocycles. The largest absolute Gasteiger partial charge is 0.497 e. The normalized spacial score (nSPS) is 12.2. The molecule has 0 heterocycles. The minimum absolute atomic E-state index is 0.140. The van der Waals surface area contributed by atoms with Crippen molar-refractivity contribution in [1.82, 2.24) is 5.32 Å². The average molecular weight is 308 g/mol. The van der Waals surface area contributed by atoms with Gasteiger partial charge < -0.3 is 10.1 Å². The van der Waals surface area contributed by atoms with E-state index in [-0.39, 0.29) is 11.9 Å². The van der Waals surface area contributed by atoms with Crippen molar-refractivity contribution in [3.8, 4) is 5.75 Å². The SMILES string of the molecule is CCCNC(c1ccc(OC)cc1)c1cc(F)ccc1Cl. The van der Waals surface area contributed by atoms with Gasteiger partial charge in [0.05, 0.1) is 13.2 Å². The van der Waals surface area contributed by atoms with Crippen molar-refractivity contribution in [3.05, 3.63) is 64.4 Å². The van der Waals surface area contributed by atoms with E-state index in [0.717, 1.165) is 29.8 Å². The Morgan fingerprint density at radius 3 is 2.52 bits per heavy atom. The van der Waals surface area contributed by atoms with Gasteiger partial charge >= 0.3 is 0 Å². The molecule has 2 rings (SSSR count). The summed E-state index contributed by atoms with van der Waals surface area (Å²) in [5, 5.41) is 3.97. The highest BCUT2D eigenvalue weighted by Gasteiger charge is 2.17. The lowest BCUT2D eigenvalue weighted by molar-refractivity contribution is 0.414. The third-order valence-electron chi connectivity index (χ3n) is 3.32. The second-order valence-corrected chi connectivity index (χ2v) is 5.23. The Morgan fingerprint density at radius 2 is 1.90 bits per heavy atom. The lowest BCUT2D eigenvalue weighted by Gasteiger charge is -2.21. The summed E-state index contributed by atoms with van der Waals surface area (Å²) in [6.45, 7) is 2.91. The molecule has 0 radical (unpaired) electrons. The van der Waals surface area contributed by atoms with Crippen molar-refractivity contribution in [2.75, 3.05) is 13.7 Å². The highest BCUT2D eigenvalue weighted by molar-refractivity contribution is 6.31. The average Bonchev–Trinajstić information content (AvgIpc) is 2.51. The van der Waals surface area contributed by atoms with Gasteiger partial charge in [-0.2, -0.15) is 0 Å². The topological polar surface area (TPSA) is 21.3 Å². The van der Waals surface area contributed by atoms with Gasteiger partial charge in [-0.1, -0.05) is 30.7 Å². The first-order chi connectivity index (χ1) is 10.2. The summed E-state index contributed by atoms with van der Waals surface area (Å²) in [5.74, 6) is 0.504. The molecule has 0 aromatic heterocycles. The fourth-order valence-corrected chi connectivity index (χ4v) is 2.45. The summed E-state index contributed by atoms with van der Waals surface area (Å²) < 4.78 is 18.7. The van der Waals surface area contributed by atoms with Crippen LogP contribution in [0.1, 0.15) is 30.5 Å². The Morgan fingerprint density at radius 1 is 1.19 bits per heavy atom. The highest BCUT2D eigenvalue weighted by Crippen LogP contribution is 2.30. The van der Waals surface area contributed by atoms with Crippen LogP contribution < -0.4 is 10.1 Å². The van der Waals surface area contributed by atoms with E-state index in [1.807, 2.05) is 24.3 Å². The first kappa shape index (κ1) is 15.8. The first-order valence-electron chi connectivity index (χ1n) is 6.98. The molecule has 1 unspecified atom stereocenters. The number of rotatable bonds is 6. The molecule has 2 aromatic carbocycles. The summed E-state index contributed by atoms with van der Waals surface area (Å²) in [6, 6.07) is 12.0. The Kier molecular flexibility index (Phi) is 5.59. The molecular weight excluding hydrogens is 289 g/mol. The molecule has 2 aromatic rings. The van der Waals surface area contributed by atoms with Crippen LogP contribution in [0, 0.1) is 5.82 Å². The zero-order valence-corrected chi connectivity index (χ0v) is 13.0. The quantitative estimate of drug-likeness (QED) is 0.843. The third kappa shape index (κ3) is 3.96. The van der Waals surface area contributed by atoms with Crippen molar-refractivity contribution in [3.63, 3.8) is 0 Å². The Balaban J connectivity index is 2.38. The van der Waals surface area contributed by atoms with Gasteiger partial charge in [0.25, 0.3) is 0 Å². The van der Waals surface area contributed by atoms with Gasteiger partial charge in [0.1, 0.15) is 11.6 Å². The summed E-state index contributed by atoms with van der Waals surface area (Å²) in [4.78, 5) is 0. The molecule has 1 atom stereocenters. The van der Waals surface area contributed by atoms with E-state index in [1.165, 1.54) is 12.1 Å². The smallest absolute Gasteiger partial charge is 0.123 e. The van der Waals surface area contributed by atoms with Gasteiger partial charge in [-0.3, -0.25) is 0 Å². The predicted octanol–water partition coefficient (Wildman–Crippen LogP) is 4.58. The van der Waals surface area contributed by atoms with E-state index in [9.17, 15) is 4.39 Å². The van der Waals surface area contributed by atoms with Gasteiger partial charge in [0.2, 0.25) is 0 Å². The molecule has 112 valence electrons. The molecule has 0 saturated heterocycles. The molecule has 0 aliphatic carbocycles. The number of ether oxygens (including phenoxy) is 1. The van der Waals surface area contributed by atoms with Crippen LogP contribution in [0.25, 0.3) is 0 Å². The molecular formula is C17H19ClFNO. The minimum atomic E-state index is -0.286. The van der Waals surface area contributed by atoms with E-state index >= 15 is 0 Å². The molecule has 21 heavy (non-hydrogen) atoms. The fourth-order valence-electron chi connectivity index (χ4n) is 2.23. The molecule has 0 aliphatic heterocycles. The monoisotopic (exact) mass is 307 g/mol. The van der Waals surface area contributed by atoms with E-state index in [1.54, 1.807) is 13.2 Å². The summed E-state index contributed by atoms with van der Waals surface area (Å²) in [6.07, 6.45) is 0.986. The number of nitrogens with one attached hydrogen (secondary N) is 1. The molecule has 0 fully saturated rings. The van der Waals surface area contributed by atoms with Gasteiger partial charge in [-0.25, -0.2) is 4.39 Å². The van der Waals surface area contributed by atoms with Crippen LogP contribution in [0.5, 0.6) is 5.75 Å². The summed E-state index contributed by atoms with van der Waals surface area (Å²) in [7, 11) is 1.63. The van der Waals surface area contributed by atoms with Crippen molar-refractivity contribution < 1.29 is 9.13 Å². The summed E-state index contributed by atoms with van der Waals surface area (Å²) >= 11 is 6.25. The first-order valence-corrected chi connectivity index (χ1v) is 7.35. The summed E-state index contributed by atoms with van der Waals surface area (Å²) in [5.41, 5.74) is 1.77. The number of halogens is 2. The lowest BCUT2D eigenvalue weighted by atomic mass is 9.98. The van der Waals surface area contributed by atoms with E-state index in [2.05, 4.69) is 12.2 Å². The highest BCUT2D eigenvalue weighted by atomic mass is 35.5. The number of methoxy groups -OCH3 is 1. The van der Waals surface area contributed by atoms with Crippen LogP contribution in [-0.4, -0.2) is 13.7 Å². The van der Waals surface area contributed by atoms with Crippen molar-refractivity contribution in [2.24, 2.45) is 0 Å². The standard InChI is InChI=1S/C17H19ClFNO/c1-3-10-20-17(12-4-7-14(21-2)8-5-12)15-11-13(19)6-9-16(15)18/h4-9,11,17,20H,3,10H2,1-2H3. The molecule has 1 N–H and O–H groups in total. The number of hydrogen-bond donors (Lipinski definition) is 1. The van der Waals surface area contributed by atoms with Crippen molar-refractivity contribution >= 4 is 11.6 Å². The van der Waals surface area contributed by atoms with Crippen LogP contribution in [0.15, 0.2) is 42.5 Å². The Labute approximate surface area is 129 Å². The van der Waals surface area contributed by atoms with Crippen LogP contribution in [-0.2, 0) is 0 Å². The molecule has 0 bridgehead atoms. The van der Waals surface area contributed by atoms with Gasteiger partial charge in [0, 0.05) is 5.02 Å². The number of hydrogen-bond acceptors (Lipinski definition) is 2. The van der Waals surface area contributed by atoms with Gasteiger partial charge in [0.15, 0.2) is 0 Å². The lowest BCUT2D eigenvalue weighted by Crippen LogP contribution is -2.23. The van der Waals surface area contributed by atoms with E-state index < -0.39 is 0 Å². The zero-order chi connectivity index (χ0) is 15.2. The van der Waals surface area contributed by atoms with Crippen LogP contribution in [0.3, 0.4) is 0 Å². The maximum Gasteiger partial charge on any atom is 0.123 e. The molecule has 4 heteroatoms. The molecule has 0 spiro atoms. The van der Waals surface area contributed by atoms with Crippen molar-refractivity contribution in [1.29, 1.82) is 0 Å². The maximum atomic E-state index is 13.6. The molecule has 2 nitrogen and oxygen atoms in total. The minimum Gasteiger partial charge on any atom is -0.497 e. The Hall–Kier alpha value is -1.58. The molecule has 0 aliphatic rings. The van der Waals surface area contributed by atoms with Crippen LogP contribution in [0.4, 0.5) is 4.39 Å². The Bertz CT molecular complexity index is 586. The van der Waals surface area contributed by atoms with Crippen LogP contribution in [0.2, 0.25) is 5.02 Å². The van der Waals surface area contributed by atoms with Gasteiger partial charge in [-0.05, 0) is 54.4 Å². The number of benzene rings is 2.